The minimum atomic E-state index is 0.551. The standard InChI is InChI=1S/C12H11N2O/c13-11-5-1-3-9(7-11)10-4-2-6-12(8-10)14-15/h1-8,14H,13H2/q-1. The van der Waals surface area contributed by atoms with Gasteiger partial charge >= 0.3 is 0 Å². The van der Waals surface area contributed by atoms with E-state index in [0.29, 0.717) is 11.4 Å². The normalized spacial score (nSPS) is 9.93. The van der Waals surface area contributed by atoms with Gasteiger partial charge in [-0.1, -0.05) is 24.3 Å². The molecule has 0 radical (unpaired) electrons. The van der Waals surface area contributed by atoms with Crippen molar-refractivity contribution < 1.29 is 0 Å². The van der Waals surface area contributed by atoms with Crippen molar-refractivity contribution in [1.82, 2.24) is 0 Å². The number of nitrogen functional groups attached to an aromatic ring is 1. The van der Waals surface area contributed by atoms with Gasteiger partial charge in [-0.3, -0.25) is 0 Å². The molecule has 0 heterocycles. The minimum Gasteiger partial charge on any atom is -0.761 e. The fourth-order valence-electron chi connectivity index (χ4n) is 1.48. The summed E-state index contributed by atoms with van der Waals surface area (Å²) >= 11 is 0. The summed E-state index contributed by atoms with van der Waals surface area (Å²) < 4.78 is 0. The predicted molar refractivity (Wildman–Crippen MR) is 63.3 cm³/mol. The fourth-order valence-corrected chi connectivity index (χ4v) is 1.48. The maximum Gasteiger partial charge on any atom is 0.0320 e. The van der Waals surface area contributed by atoms with Crippen LogP contribution < -0.4 is 11.2 Å². The molecule has 0 fully saturated rings. The van der Waals surface area contributed by atoms with Crippen LogP contribution in [0.25, 0.3) is 11.1 Å². The van der Waals surface area contributed by atoms with Crippen molar-refractivity contribution >= 4 is 11.4 Å². The summed E-state index contributed by atoms with van der Waals surface area (Å²) in [5.41, 5.74) is 10.8. The van der Waals surface area contributed by atoms with Crippen LogP contribution in [0.1, 0.15) is 0 Å². The molecule has 0 atom stereocenters. The van der Waals surface area contributed by atoms with Crippen LogP contribution in [-0.4, -0.2) is 0 Å². The third-order valence-electron chi connectivity index (χ3n) is 2.20. The van der Waals surface area contributed by atoms with E-state index in [4.69, 9.17) is 5.73 Å². The summed E-state index contributed by atoms with van der Waals surface area (Å²) in [4.78, 5) is 0. The van der Waals surface area contributed by atoms with Crippen molar-refractivity contribution in [2.45, 2.75) is 0 Å². The van der Waals surface area contributed by atoms with Gasteiger partial charge in [-0.2, -0.15) is 0 Å². The molecule has 3 heteroatoms. The van der Waals surface area contributed by atoms with Gasteiger partial charge in [0.25, 0.3) is 0 Å². The van der Waals surface area contributed by atoms with E-state index in [9.17, 15) is 5.21 Å². The summed E-state index contributed by atoms with van der Waals surface area (Å²) in [5.74, 6) is 0. The van der Waals surface area contributed by atoms with E-state index in [1.807, 2.05) is 41.9 Å². The first-order valence-electron chi connectivity index (χ1n) is 4.64. The van der Waals surface area contributed by atoms with Crippen LogP contribution in [0.4, 0.5) is 11.4 Å². The SMILES string of the molecule is Nc1cccc(-c2cccc(N[O-])c2)c1. The molecule has 3 N–H and O–H groups in total. The van der Waals surface area contributed by atoms with Gasteiger partial charge in [0.2, 0.25) is 0 Å². The molecule has 0 aliphatic carbocycles. The minimum absolute atomic E-state index is 0.551. The summed E-state index contributed by atoms with van der Waals surface area (Å²) in [5, 5.41) is 10.5. The largest absolute Gasteiger partial charge is 0.761 e. The second-order valence-electron chi connectivity index (χ2n) is 3.31. The summed E-state index contributed by atoms with van der Waals surface area (Å²) in [6, 6.07) is 14.9. The Morgan fingerprint density at radius 3 is 2.27 bits per heavy atom. The second-order valence-corrected chi connectivity index (χ2v) is 3.31. The number of nitrogens with one attached hydrogen (secondary N) is 1. The van der Waals surface area contributed by atoms with Crippen molar-refractivity contribution in [1.29, 1.82) is 0 Å². The first-order chi connectivity index (χ1) is 7.29. The average Bonchev–Trinajstić information content (AvgIpc) is 2.29. The molecule has 2 rings (SSSR count). The van der Waals surface area contributed by atoms with E-state index in [1.165, 1.54) is 0 Å². The molecule has 0 aliphatic heterocycles. The average molecular weight is 199 g/mol. The highest BCUT2D eigenvalue weighted by atomic mass is 16.5. The number of hydrogen-bond acceptors (Lipinski definition) is 3. The summed E-state index contributed by atoms with van der Waals surface area (Å²) in [7, 11) is 0. The molecule has 3 nitrogen and oxygen atoms in total. The van der Waals surface area contributed by atoms with Crippen LogP contribution >= 0.6 is 0 Å². The van der Waals surface area contributed by atoms with Crippen LogP contribution in [-0.2, 0) is 0 Å². The first-order valence-corrected chi connectivity index (χ1v) is 4.64. The van der Waals surface area contributed by atoms with Gasteiger partial charge in [0.1, 0.15) is 0 Å². The Labute approximate surface area is 88.1 Å². The zero-order valence-electron chi connectivity index (χ0n) is 8.10. The Hall–Kier alpha value is -2.00. The topological polar surface area (TPSA) is 61.1 Å². The molecule has 2 aromatic carbocycles. The molecule has 0 aliphatic rings. The molecule has 0 aromatic heterocycles. The van der Waals surface area contributed by atoms with E-state index < -0.39 is 0 Å². The third kappa shape index (κ3) is 2.08. The highest BCUT2D eigenvalue weighted by Crippen LogP contribution is 2.23. The number of hydrogen-bond donors (Lipinski definition) is 2. The zero-order chi connectivity index (χ0) is 10.7. The van der Waals surface area contributed by atoms with Crippen LogP contribution in [0.2, 0.25) is 0 Å². The van der Waals surface area contributed by atoms with E-state index in [0.717, 1.165) is 11.1 Å². The van der Waals surface area contributed by atoms with E-state index in [1.54, 1.807) is 12.1 Å². The van der Waals surface area contributed by atoms with Gasteiger partial charge in [0, 0.05) is 11.4 Å². The Kier molecular flexibility index (Phi) is 2.56. The van der Waals surface area contributed by atoms with E-state index >= 15 is 0 Å². The Morgan fingerprint density at radius 2 is 1.60 bits per heavy atom. The van der Waals surface area contributed by atoms with Crippen LogP contribution in [0.15, 0.2) is 48.5 Å². The van der Waals surface area contributed by atoms with Gasteiger partial charge in [-0.05, 0) is 35.4 Å². The van der Waals surface area contributed by atoms with Gasteiger partial charge in [-0.15, -0.1) is 0 Å². The van der Waals surface area contributed by atoms with Gasteiger partial charge in [-0.25, -0.2) is 0 Å². The first kappa shape index (κ1) is 9.55. The molecule has 0 unspecified atom stereocenters. The number of nitrogens with two attached hydrogens (primary N) is 1. The van der Waals surface area contributed by atoms with Crippen LogP contribution in [0.5, 0.6) is 0 Å². The molecule has 0 bridgehead atoms. The third-order valence-corrected chi connectivity index (χ3v) is 2.20. The zero-order valence-corrected chi connectivity index (χ0v) is 8.10. The number of rotatable bonds is 2. The van der Waals surface area contributed by atoms with Crippen molar-refractivity contribution in [3.8, 4) is 11.1 Å². The van der Waals surface area contributed by atoms with Gasteiger partial charge in [0.05, 0.1) is 0 Å². The monoisotopic (exact) mass is 199 g/mol. The van der Waals surface area contributed by atoms with E-state index in [-0.39, 0.29) is 0 Å². The molecular weight excluding hydrogens is 188 g/mol. The summed E-state index contributed by atoms with van der Waals surface area (Å²) in [6.07, 6.45) is 0. The van der Waals surface area contributed by atoms with Crippen LogP contribution in [0, 0.1) is 5.21 Å². The highest BCUT2D eigenvalue weighted by Gasteiger charge is 1.97. The molecule has 0 saturated heterocycles. The molecule has 0 spiro atoms. The smallest absolute Gasteiger partial charge is 0.0320 e. The lowest BCUT2D eigenvalue weighted by Crippen LogP contribution is -1.87. The second kappa shape index (κ2) is 4.02. The molecule has 15 heavy (non-hydrogen) atoms. The molecule has 0 saturated carbocycles. The molecule has 0 amide bonds. The fraction of sp³-hybridized carbons (Fsp3) is 0. The Morgan fingerprint density at radius 1 is 0.933 bits per heavy atom. The lowest BCUT2D eigenvalue weighted by atomic mass is 10.0. The molecule has 76 valence electrons. The van der Waals surface area contributed by atoms with Gasteiger partial charge in [0.15, 0.2) is 0 Å². The molecular formula is C12H11N2O-. The number of benzene rings is 2. The Balaban J connectivity index is 2.44. The predicted octanol–water partition coefficient (Wildman–Crippen LogP) is 2.85. The lowest BCUT2D eigenvalue weighted by molar-refractivity contribution is 1.57. The Bertz CT molecular complexity index is 469. The summed E-state index contributed by atoms with van der Waals surface area (Å²) in [6.45, 7) is 0. The van der Waals surface area contributed by atoms with Crippen molar-refractivity contribution in [3.63, 3.8) is 0 Å². The van der Waals surface area contributed by atoms with Crippen molar-refractivity contribution in [2.75, 3.05) is 11.2 Å². The lowest BCUT2D eigenvalue weighted by Gasteiger charge is -2.10. The maximum absolute atomic E-state index is 10.5. The van der Waals surface area contributed by atoms with Crippen LogP contribution in [0.3, 0.4) is 0 Å². The molecule has 2 aromatic rings. The van der Waals surface area contributed by atoms with Crippen molar-refractivity contribution in [2.24, 2.45) is 0 Å². The number of anilines is 2. The quantitative estimate of drug-likeness (QED) is 0.577. The van der Waals surface area contributed by atoms with Crippen molar-refractivity contribution in [3.05, 3.63) is 53.7 Å². The highest BCUT2D eigenvalue weighted by molar-refractivity contribution is 5.70. The van der Waals surface area contributed by atoms with Gasteiger partial charge < -0.3 is 16.4 Å². The van der Waals surface area contributed by atoms with E-state index in [2.05, 4.69) is 0 Å². The maximum atomic E-state index is 10.5.